The maximum Gasteiger partial charge on any atom is 0.191 e. The predicted molar refractivity (Wildman–Crippen MR) is 133 cm³/mol. The van der Waals surface area contributed by atoms with Gasteiger partial charge in [-0.2, -0.15) is 0 Å². The Morgan fingerprint density at radius 2 is 1.81 bits per heavy atom. The number of H-pyrrole nitrogens is 1. The Labute approximate surface area is 209 Å². The van der Waals surface area contributed by atoms with Gasteiger partial charge in [-0.25, -0.2) is 13.2 Å². The Morgan fingerprint density at radius 3 is 2.47 bits per heavy atom. The molecular weight excluding hydrogens is 470 g/mol. The molecule has 0 aliphatic carbocycles. The number of aromatic amines is 1. The van der Waals surface area contributed by atoms with E-state index in [2.05, 4.69) is 4.98 Å². The van der Waals surface area contributed by atoms with Crippen LogP contribution in [-0.2, 0) is 6.42 Å². The number of likely N-dealkylation sites (tertiary alicyclic amines) is 1. The van der Waals surface area contributed by atoms with Crippen LogP contribution in [0.15, 0.2) is 36.4 Å². The lowest BCUT2D eigenvalue weighted by Crippen LogP contribution is -2.54. The number of hydrogen-bond donors (Lipinski definition) is 1. The summed E-state index contributed by atoms with van der Waals surface area (Å²) in [6.07, 6.45) is 0.809. The van der Waals surface area contributed by atoms with Crippen molar-refractivity contribution >= 4 is 10.9 Å². The van der Waals surface area contributed by atoms with Crippen molar-refractivity contribution in [3.63, 3.8) is 0 Å². The summed E-state index contributed by atoms with van der Waals surface area (Å²) < 4.78 is 63.5. The molecule has 36 heavy (non-hydrogen) atoms. The molecule has 0 radical (unpaired) electrons. The fraction of sp³-hybridized carbons (Fsp3) is 0.500. The van der Waals surface area contributed by atoms with Crippen LogP contribution in [0.2, 0.25) is 0 Å². The van der Waals surface area contributed by atoms with Gasteiger partial charge in [0.05, 0.1) is 12.7 Å². The number of halogens is 4. The lowest BCUT2D eigenvalue weighted by molar-refractivity contribution is 0.0136. The van der Waals surface area contributed by atoms with Gasteiger partial charge in [0.1, 0.15) is 11.8 Å². The average molecular weight is 504 g/mol. The van der Waals surface area contributed by atoms with E-state index in [0.29, 0.717) is 38.0 Å². The van der Waals surface area contributed by atoms with Gasteiger partial charge in [-0.3, -0.25) is 14.2 Å². The van der Waals surface area contributed by atoms with Gasteiger partial charge < -0.3 is 9.72 Å². The highest BCUT2D eigenvalue weighted by Crippen LogP contribution is 2.43. The lowest BCUT2D eigenvalue weighted by atomic mass is 9.87. The van der Waals surface area contributed by atoms with Crippen molar-refractivity contribution in [2.24, 2.45) is 0 Å². The minimum absolute atomic E-state index is 0.0379. The SMILES string of the molecule is C[C@@H]1Cc2c([nH]c3ccccc23)[C@@H](c2cc(F)c(OC3CN(CCCF)C3)c(F)c2)N1CC(C)(C)F. The molecule has 194 valence electrons. The van der Waals surface area contributed by atoms with E-state index in [1.54, 1.807) is 0 Å². The number of rotatable bonds is 8. The van der Waals surface area contributed by atoms with Gasteiger partial charge in [0.2, 0.25) is 0 Å². The molecule has 5 rings (SSSR count). The van der Waals surface area contributed by atoms with E-state index in [-0.39, 0.29) is 25.4 Å². The molecule has 1 aromatic heterocycles. The molecule has 0 saturated carbocycles. The highest BCUT2D eigenvalue weighted by Gasteiger charge is 2.39. The van der Waals surface area contributed by atoms with Gasteiger partial charge in [0, 0.05) is 48.8 Å². The molecule has 0 amide bonds. The molecule has 2 atom stereocenters. The number of ether oxygens (including phenoxy) is 1. The van der Waals surface area contributed by atoms with E-state index in [4.69, 9.17) is 4.74 Å². The van der Waals surface area contributed by atoms with Crippen molar-refractivity contribution in [2.45, 2.75) is 57.5 Å². The number of nitrogens with zero attached hydrogens (tertiary/aromatic N) is 2. The summed E-state index contributed by atoms with van der Waals surface area (Å²) in [5, 5.41) is 1.08. The molecule has 2 aromatic carbocycles. The predicted octanol–water partition coefficient (Wildman–Crippen LogP) is 5.95. The summed E-state index contributed by atoms with van der Waals surface area (Å²) in [6, 6.07) is 9.98. The molecule has 1 fully saturated rings. The number of aromatic nitrogens is 1. The van der Waals surface area contributed by atoms with Crippen LogP contribution in [0.3, 0.4) is 0 Å². The topological polar surface area (TPSA) is 31.5 Å². The highest BCUT2D eigenvalue weighted by atomic mass is 19.1. The van der Waals surface area contributed by atoms with Gasteiger partial charge in [-0.15, -0.1) is 0 Å². The second kappa shape index (κ2) is 9.71. The third kappa shape index (κ3) is 4.85. The molecular formula is C28H33F4N3O. The summed E-state index contributed by atoms with van der Waals surface area (Å²) in [6.45, 7) is 6.42. The van der Waals surface area contributed by atoms with Crippen LogP contribution in [0.1, 0.15) is 50.1 Å². The summed E-state index contributed by atoms with van der Waals surface area (Å²) in [5.74, 6) is -1.95. The maximum absolute atomic E-state index is 15.3. The third-order valence-corrected chi connectivity index (χ3v) is 7.23. The van der Waals surface area contributed by atoms with Gasteiger partial charge in [-0.05, 0) is 62.9 Å². The van der Waals surface area contributed by atoms with E-state index in [0.717, 1.165) is 22.2 Å². The fourth-order valence-electron chi connectivity index (χ4n) is 5.63. The maximum atomic E-state index is 15.3. The number of alkyl halides is 2. The van der Waals surface area contributed by atoms with E-state index in [9.17, 15) is 8.78 Å². The van der Waals surface area contributed by atoms with Crippen LogP contribution in [0.5, 0.6) is 5.75 Å². The molecule has 3 heterocycles. The minimum Gasteiger partial charge on any atom is -0.482 e. The largest absolute Gasteiger partial charge is 0.482 e. The Morgan fingerprint density at radius 1 is 1.11 bits per heavy atom. The van der Waals surface area contributed by atoms with Gasteiger partial charge in [0.15, 0.2) is 17.4 Å². The zero-order valence-corrected chi connectivity index (χ0v) is 21.0. The Bertz CT molecular complexity index is 1210. The van der Waals surface area contributed by atoms with E-state index in [1.165, 1.54) is 26.0 Å². The van der Waals surface area contributed by atoms with Crippen molar-refractivity contribution in [2.75, 3.05) is 32.9 Å². The number of benzene rings is 2. The van der Waals surface area contributed by atoms with Crippen LogP contribution in [0.4, 0.5) is 17.6 Å². The summed E-state index contributed by atoms with van der Waals surface area (Å²) in [7, 11) is 0. The van der Waals surface area contributed by atoms with Crippen LogP contribution in [-0.4, -0.2) is 65.5 Å². The Kier molecular flexibility index (Phi) is 6.76. The zero-order valence-electron chi connectivity index (χ0n) is 21.0. The molecule has 2 aliphatic heterocycles. The molecule has 1 N–H and O–H groups in total. The van der Waals surface area contributed by atoms with E-state index < -0.39 is 29.1 Å². The molecule has 2 aliphatic rings. The van der Waals surface area contributed by atoms with E-state index >= 15 is 8.78 Å². The van der Waals surface area contributed by atoms with Gasteiger partial charge in [-0.1, -0.05) is 18.2 Å². The van der Waals surface area contributed by atoms with Crippen LogP contribution in [0.25, 0.3) is 10.9 Å². The first-order chi connectivity index (χ1) is 17.1. The van der Waals surface area contributed by atoms with Crippen molar-refractivity contribution < 1.29 is 22.3 Å². The monoisotopic (exact) mass is 503 g/mol. The number of nitrogens with one attached hydrogen (secondary N) is 1. The van der Waals surface area contributed by atoms with Crippen LogP contribution >= 0.6 is 0 Å². The first-order valence-electron chi connectivity index (χ1n) is 12.6. The minimum atomic E-state index is -1.49. The van der Waals surface area contributed by atoms with Crippen molar-refractivity contribution in [1.82, 2.24) is 14.8 Å². The first kappa shape index (κ1) is 25.1. The standard InChI is InChI=1S/C28H33F4N3O/c1-17-11-21-20-7-4-5-8-24(20)33-25(21)26(35(17)16-28(2,3)32)18-12-22(30)27(23(31)13-18)36-19-14-34(15-19)10-6-9-29/h4-5,7-8,12-13,17,19,26,33H,6,9-11,14-16H2,1-3H3/t17-,26-/m1/s1. The second-order valence-corrected chi connectivity index (χ2v) is 10.8. The van der Waals surface area contributed by atoms with Crippen molar-refractivity contribution in [3.8, 4) is 5.75 Å². The number of hydrogen-bond acceptors (Lipinski definition) is 3. The van der Waals surface area contributed by atoms with Crippen molar-refractivity contribution in [3.05, 3.63) is 64.9 Å². The smallest absolute Gasteiger partial charge is 0.191 e. The molecule has 8 heteroatoms. The summed E-state index contributed by atoms with van der Waals surface area (Å²) in [5.41, 5.74) is 1.81. The zero-order chi connectivity index (χ0) is 25.6. The first-order valence-corrected chi connectivity index (χ1v) is 12.6. The summed E-state index contributed by atoms with van der Waals surface area (Å²) >= 11 is 0. The normalized spacial score (nSPS) is 21.5. The second-order valence-electron chi connectivity index (χ2n) is 10.8. The van der Waals surface area contributed by atoms with Crippen molar-refractivity contribution in [1.29, 1.82) is 0 Å². The fourth-order valence-corrected chi connectivity index (χ4v) is 5.63. The van der Waals surface area contributed by atoms with Crippen LogP contribution < -0.4 is 4.74 Å². The van der Waals surface area contributed by atoms with Gasteiger partial charge in [0.25, 0.3) is 0 Å². The Balaban J connectivity index is 1.49. The Hall–Kier alpha value is -2.58. The van der Waals surface area contributed by atoms with Crippen LogP contribution in [0, 0.1) is 11.6 Å². The summed E-state index contributed by atoms with van der Waals surface area (Å²) in [4.78, 5) is 7.43. The molecule has 1 saturated heterocycles. The quantitative estimate of drug-likeness (QED) is 0.386. The average Bonchev–Trinajstić information content (AvgIpc) is 3.14. The highest BCUT2D eigenvalue weighted by molar-refractivity contribution is 5.85. The molecule has 3 aromatic rings. The molecule has 4 nitrogen and oxygen atoms in total. The molecule has 0 bridgehead atoms. The van der Waals surface area contributed by atoms with Gasteiger partial charge >= 0.3 is 0 Å². The number of para-hydroxylation sites is 1. The third-order valence-electron chi connectivity index (χ3n) is 7.23. The number of fused-ring (bicyclic) bond motifs is 3. The molecule has 0 unspecified atom stereocenters. The lowest BCUT2D eigenvalue weighted by Gasteiger charge is -2.43. The van der Waals surface area contributed by atoms with E-state index in [1.807, 2.05) is 41.0 Å². The molecule has 0 spiro atoms.